The molecule has 0 atom stereocenters. The maximum absolute atomic E-state index is 5.71. The number of para-hydroxylation sites is 1. The number of hydrogen-bond donors (Lipinski definition) is 2. The zero-order valence-corrected chi connectivity index (χ0v) is 20.3. The molecule has 0 saturated heterocycles. The maximum atomic E-state index is 5.71. The van der Waals surface area contributed by atoms with Crippen molar-refractivity contribution in [2.75, 3.05) is 33.9 Å². The Kier molecular flexibility index (Phi) is 12.4. The van der Waals surface area contributed by atoms with E-state index in [9.17, 15) is 0 Å². The van der Waals surface area contributed by atoms with Crippen LogP contribution >= 0.6 is 24.0 Å². The first-order valence-electron chi connectivity index (χ1n) is 9.76. The molecular formula is C23H32IN3O3. The van der Waals surface area contributed by atoms with Crippen LogP contribution in [0.5, 0.6) is 17.2 Å². The Morgan fingerprint density at radius 1 is 1.03 bits per heavy atom. The van der Waals surface area contributed by atoms with Gasteiger partial charge in [0.2, 0.25) is 0 Å². The minimum atomic E-state index is 0. The lowest BCUT2D eigenvalue weighted by Gasteiger charge is -2.13. The lowest BCUT2D eigenvalue weighted by Crippen LogP contribution is -2.38. The number of benzene rings is 2. The Morgan fingerprint density at radius 3 is 2.50 bits per heavy atom. The molecule has 0 aliphatic carbocycles. The van der Waals surface area contributed by atoms with Gasteiger partial charge < -0.3 is 24.8 Å². The third-order valence-corrected chi connectivity index (χ3v) is 4.24. The average molecular weight is 525 g/mol. The molecular weight excluding hydrogens is 493 g/mol. The second-order valence-electron chi connectivity index (χ2n) is 6.27. The molecule has 2 aromatic carbocycles. The van der Waals surface area contributed by atoms with Crippen LogP contribution in [0.2, 0.25) is 0 Å². The van der Waals surface area contributed by atoms with E-state index in [2.05, 4.69) is 22.2 Å². The molecule has 7 heteroatoms. The van der Waals surface area contributed by atoms with E-state index in [4.69, 9.17) is 14.2 Å². The molecule has 0 spiro atoms. The molecule has 2 aromatic rings. The highest BCUT2D eigenvalue weighted by Crippen LogP contribution is 2.27. The smallest absolute Gasteiger partial charge is 0.191 e. The fraction of sp³-hybridized carbons (Fsp3) is 0.348. The van der Waals surface area contributed by atoms with E-state index in [-0.39, 0.29) is 24.0 Å². The first kappa shape index (κ1) is 25.6. The van der Waals surface area contributed by atoms with Crippen molar-refractivity contribution in [1.29, 1.82) is 0 Å². The van der Waals surface area contributed by atoms with Crippen LogP contribution in [0.1, 0.15) is 18.1 Å². The van der Waals surface area contributed by atoms with E-state index in [0.29, 0.717) is 13.2 Å². The number of ether oxygens (including phenoxy) is 3. The summed E-state index contributed by atoms with van der Waals surface area (Å²) in [7, 11) is 3.28. The fourth-order valence-electron chi connectivity index (χ4n) is 2.79. The van der Waals surface area contributed by atoms with Crippen LogP contribution in [0.25, 0.3) is 0 Å². The highest BCUT2D eigenvalue weighted by Gasteiger charge is 2.06. The Bertz CT molecular complexity index is 812. The number of guanidine groups is 1. The van der Waals surface area contributed by atoms with Crippen molar-refractivity contribution in [3.63, 3.8) is 0 Å². The van der Waals surface area contributed by atoms with Crippen LogP contribution in [-0.2, 0) is 13.0 Å². The SMILES string of the molecule is C=CCOc1ccccc1CN=C(NCC)NCCc1ccc(OC)c(OC)c1.I. The minimum absolute atomic E-state index is 0. The predicted octanol–water partition coefficient (Wildman–Crippen LogP) is 4.18. The number of methoxy groups -OCH3 is 2. The molecule has 0 aliphatic rings. The summed E-state index contributed by atoms with van der Waals surface area (Å²) in [6.45, 7) is 8.28. The summed E-state index contributed by atoms with van der Waals surface area (Å²) in [5, 5.41) is 6.66. The van der Waals surface area contributed by atoms with Gasteiger partial charge in [0.1, 0.15) is 12.4 Å². The van der Waals surface area contributed by atoms with E-state index in [1.807, 2.05) is 49.4 Å². The Hall–Kier alpha value is -2.42. The highest BCUT2D eigenvalue weighted by molar-refractivity contribution is 14.0. The normalized spacial score (nSPS) is 10.6. The van der Waals surface area contributed by atoms with Crippen molar-refractivity contribution in [3.05, 3.63) is 66.2 Å². The van der Waals surface area contributed by atoms with Gasteiger partial charge in [-0.25, -0.2) is 4.99 Å². The first-order chi connectivity index (χ1) is 14.2. The quantitative estimate of drug-likeness (QED) is 0.200. The lowest BCUT2D eigenvalue weighted by atomic mass is 10.1. The Balaban J connectivity index is 0.00000450. The molecule has 2 rings (SSSR count). The van der Waals surface area contributed by atoms with E-state index in [1.165, 1.54) is 0 Å². The summed E-state index contributed by atoms with van der Waals surface area (Å²) in [6.07, 6.45) is 2.57. The third kappa shape index (κ3) is 8.14. The molecule has 0 bridgehead atoms. The molecule has 0 amide bonds. The largest absolute Gasteiger partial charge is 0.493 e. The standard InChI is InChI=1S/C23H31N3O3.HI/c1-5-15-29-20-10-8-7-9-19(20)17-26-23(24-6-2)25-14-13-18-11-12-21(27-3)22(16-18)28-4;/h5,7-12,16H,1,6,13-15,17H2,2-4H3,(H2,24,25,26);1H. The monoisotopic (exact) mass is 525 g/mol. The molecule has 6 nitrogen and oxygen atoms in total. The fourth-order valence-corrected chi connectivity index (χ4v) is 2.79. The van der Waals surface area contributed by atoms with Crippen molar-refractivity contribution in [3.8, 4) is 17.2 Å². The number of halogens is 1. The van der Waals surface area contributed by atoms with Crippen molar-refractivity contribution in [1.82, 2.24) is 10.6 Å². The number of hydrogen-bond acceptors (Lipinski definition) is 4. The molecule has 0 aliphatic heterocycles. The molecule has 164 valence electrons. The Labute approximate surface area is 196 Å². The van der Waals surface area contributed by atoms with E-state index < -0.39 is 0 Å². The summed E-state index contributed by atoms with van der Waals surface area (Å²) in [5.41, 5.74) is 2.20. The van der Waals surface area contributed by atoms with Crippen LogP contribution in [0, 0.1) is 0 Å². The molecule has 30 heavy (non-hydrogen) atoms. The van der Waals surface area contributed by atoms with E-state index >= 15 is 0 Å². The summed E-state index contributed by atoms with van der Waals surface area (Å²) < 4.78 is 16.4. The van der Waals surface area contributed by atoms with Crippen LogP contribution in [0.4, 0.5) is 0 Å². The van der Waals surface area contributed by atoms with Gasteiger partial charge in [-0.1, -0.05) is 36.9 Å². The first-order valence-corrected chi connectivity index (χ1v) is 9.76. The van der Waals surface area contributed by atoms with Crippen molar-refractivity contribution < 1.29 is 14.2 Å². The van der Waals surface area contributed by atoms with Crippen LogP contribution < -0.4 is 24.8 Å². The van der Waals surface area contributed by atoms with E-state index in [0.717, 1.165) is 53.8 Å². The molecule has 0 heterocycles. The summed E-state index contributed by atoms with van der Waals surface area (Å²) in [5.74, 6) is 3.07. The molecule has 2 N–H and O–H groups in total. The summed E-state index contributed by atoms with van der Waals surface area (Å²) in [6, 6.07) is 13.9. The van der Waals surface area contributed by atoms with Crippen LogP contribution in [-0.4, -0.2) is 39.9 Å². The summed E-state index contributed by atoms with van der Waals surface area (Å²) in [4.78, 5) is 4.69. The van der Waals surface area contributed by atoms with Gasteiger partial charge in [-0.3, -0.25) is 0 Å². The topological polar surface area (TPSA) is 64.1 Å². The van der Waals surface area contributed by atoms with E-state index in [1.54, 1.807) is 20.3 Å². The van der Waals surface area contributed by atoms with Gasteiger partial charge in [-0.15, -0.1) is 24.0 Å². The van der Waals surface area contributed by atoms with Crippen molar-refractivity contribution in [2.24, 2.45) is 4.99 Å². The number of nitrogens with one attached hydrogen (secondary N) is 2. The average Bonchev–Trinajstić information content (AvgIpc) is 2.76. The predicted molar refractivity (Wildman–Crippen MR) is 134 cm³/mol. The van der Waals surface area contributed by atoms with Crippen LogP contribution in [0.3, 0.4) is 0 Å². The zero-order chi connectivity index (χ0) is 20.9. The van der Waals surface area contributed by atoms with Gasteiger partial charge >= 0.3 is 0 Å². The van der Waals surface area contributed by atoms with Gasteiger partial charge in [0.25, 0.3) is 0 Å². The van der Waals surface area contributed by atoms with Crippen molar-refractivity contribution >= 4 is 29.9 Å². The number of aliphatic imine (C=N–C) groups is 1. The second-order valence-corrected chi connectivity index (χ2v) is 6.27. The number of rotatable bonds is 11. The minimum Gasteiger partial charge on any atom is -0.493 e. The van der Waals surface area contributed by atoms with Gasteiger partial charge in [-0.2, -0.15) is 0 Å². The van der Waals surface area contributed by atoms with Gasteiger partial charge in [0.05, 0.1) is 20.8 Å². The molecule has 0 unspecified atom stereocenters. The second kappa shape index (κ2) is 14.5. The molecule has 0 aromatic heterocycles. The summed E-state index contributed by atoms with van der Waals surface area (Å²) >= 11 is 0. The van der Waals surface area contributed by atoms with Gasteiger partial charge in [0.15, 0.2) is 17.5 Å². The zero-order valence-electron chi connectivity index (χ0n) is 17.9. The van der Waals surface area contributed by atoms with Gasteiger partial charge in [0, 0.05) is 18.7 Å². The van der Waals surface area contributed by atoms with Crippen molar-refractivity contribution in [2.45, 2.75) is 19.9 Å². The molecule has 0 fully saturated rings. The number of nitrogens with zero attached hydrogens (tertiary/aromatic N) is 1. The third-order valence-electron chi connectivity index (χ3n) is 4.24. The Morgan fingerprint density at radius 2 is 1.80 bits per heavy atom. The molecule has 0 saturated carbocycles. The van der Waals surface area contributed by atoms with Gasteiger partial charge in [-0.05, 0) is 37.1 Å². The van der Waals surface area contributed by atoms with Crippen LogP contribution in [0.15, 0.2) is 60.1 Å². The lowest BCUT2D eigenvalue weighted by molar-refractivity contribution is 0.354. The molecule has 0 radical (unpaired) electrons. The highest BCUT2D eigenvalue weighted by atomic mass is 127. The maximum Gasteiger partial charge on any atom is 0.191 e.